The summed E-state index contributed by atoms with van der Waals surface area (Å²) in [4.78, 5) is 2.62. The van der Waals surface area contributed by atoms with Crippen molar-refractivity contribution < 1.29 is 0 Å². The number of hydrogen-bond donors (Lipinski definition) is 1. The minimum absolute atomic E-state index is 0.474. The molecule has 1 aliphatic heterocycles. The second kappa shape index (κ2) is 7.32. The Kier molecular flexibility index (Phi) is 5.74. The highest BCUT2D eigenvalue weighted by molar-refractivity contribution is 8.00. The van der Waals surface area contributed by atoms with Gasteiger partial charge in [0.05, 0.1) is 0 Å². The second-order valence-electron chi connectivity index (χ2n) is 5.56. The Labute approximate surface area is 122 Å². The van der Waals surface area contributed by atoms with Crippen molar-refractivity contribution in [2.45, 2.75) is 36.8 Å². The third kappa shape index (κ3) is 4.51. The molecule has 0 amide bonds. The van der Waals surface area contributed by atoms with E-state index in [9.17, 15) is 0 Å². The van der Waals surface area contributed by atoms with Gasteiger partial charge in [0.2, 0.25) is 0 Å². The van der Waals surface area contributed by atoms with E-state index in [1.54, 1.807) is 0 Å². The molecule has 1 aromatic carbocycles. The van der Waals surface area contributed by atoms with Gasteiger partial charge in [0, 0.05) is 36.2 Å². The lowest BCUT2D eigenvalue weighted by Gasteiger charge is -2.35. The molecule has 1 N–H and O–H groups in total. The Hall–Kier alpha value is -0.510. The normalized spacial score (nSPS) is 26.3. The Balaban J connectivity index is 1.86. The molecule has 106 valence electrons. The molecule has 0 bridgehead atoms. The molecule has 3 heteroatoms. The molecule has 2 nitrogen and oxygen atoms in total. The van der Waals surface area contributed by atoms with E-state index in [0.29, 0.717) is 6.04 Å². The van der Waals surface area contributed by atoms with E-state index >= 15 is 0 Å². The predicted octanol–water partition coefficient (Wildman–Crippen LogP) is 3.16. The van der Waals surface area contributed by atoms with Crippen LogP contribution in [0.5, 0.6) is 0 Å². The van der Waals surface area contributed by atoms with Crippen LogP contribution in [0.3, 0.4) is 0 Å². The quantitative estimate of drug-likeness (QED) is 0.890. The molecule has 1 aromatic rings. The highest BCUT2D eigenvalue weighted by Crippen LogP contribution is 2.25. The van der Waals surface area contributed by atoms with E-state index in [-0.39, 0.29) is 0 Å². The zero-order valence-corrected chi connectivity index (χ0v) is 13.1. The van der Waals surface area contributed by atoms with Crippen LogP contribution in [-0.4, -0.2) is 42.1 Å². The molecule has 0 saturated carbocycles. The lowest BCUT2D eigenvalue weighted by molar-refractivity contribution is 0.256. The Morgan fingerprint density at radius 3 is 2.42 bits per heavy atom. The number of rotatable bonds is 5. The Bertz CT molecular complexity index is 358. The van der Waals surface area contributed by atoms with Gasteiger partial charge >= 0.3 is 0 Å². The average molecular weight is 278 g/mol. The number of nitrogens with one attached hydrogen (secondary N) is 1. The molecule has 1 fully saturated rings. The molecule has 3 atom stereocenters. The largest absolute Gasteiger partial charge is 0.313 e. The van der Waals surface area contributed by atoms with Gasteiger partial charge in [-0.2, -0.15) is 11.8 Å². The first-order chi connectivity index (χ1) is 9.19. The van der Waals surface area contributed by atoms with Crippen LogP contribution in [0.4, 0.5) is 0 Å². The Morgan fingerprint density at radius 2 is 1.84 bits per heavy atom. The monoisotopic (exact) mass is 278 g/mol. The van der Waals surface area contributed by atoms with Crippen LogP contribution < -0.4 is 5.32 Å². The standard InChI is InChI=1S/C16H26N2S/c1-13-11-18(12-14(2)19-13)10-9-16(17-3)15-7-5-4-6-8-15/h4-8,13-14,16-17H,9-12H2,1-3H3. The van der Waals surface area contributed by atoms with Crippen LogP contribution in [0.15, 0.2) is 30.3 Å². The first-order valence-corrected chi connectivity index (χ1v) is 8.23. The molecule has 0 spiro atoms. The summed E-state index contributed by atoms with van der Waals surface area (Å²) in [7, 11) is 2.06. The summed E-state index contributed by atoms with van der Waals surface area (Å²) in [6.45, 7) is 8.36. The van der Waals surface area contributed by atoms with E-state index < -0.39 is 0 Å². The van der Waals surface area contributed by atoms with Gasteiger partial charge in [0.25, 0.3) is 0 Å². The minimum atomic E-state index is 0.474. The molecule has 0 aliphatic carbocycles. The van der Waals surface area contributed by atoms with Crippen LogP contribution >= 0.6 is 11.8 Å². The van der Waals surface area contributed by atoms with E-state index in [4.69, 9.17) is 0 Å². The smallest absolute Gasteiger partial charge is 0.0329 e. The zero-order valence-electron chi connectivity index (χ0n) is 12.3. The van der Waals surface area contributed by atoms with E-state index in [1.165, 1.54) is 31.6 Å². The lowest BCUT2D eigenvalue weighted by Crippen LogP contribution is -2.41. The van der Waals surface area contributed by atoms with Gasteiger partial charge in [0.15, 0.2) is 0 Å². The first kappa shape index (κ1) is 14.9. The van der Waals surface area contributed by atoms with Crippen LogP contribution in [0.2, 0.25) is 0 Å². The molecule has 3 unspecified atom stereocenters. The maximum absolute atomic E-state index is 3.45. The number of benzene rings is 1. The summed E-state index contributed by atoms with van der Waals surface area (Å²) in [6.07, 6.45) is 1.19. The molecular weight excluding hydrogens is 252 g/mol. The summed E-state index contributed by atoms with van der Waals surface area (Å²) >= 11 is 2.12. The van der Waals surface area contributed by atoms with Crippen molar-refractivity contribution in [2.75, 3.05) is 26.7 Å². The van der Waals surface area contributed by atoms with Crippen LogP contribution in [0, 0.1) is 0 Å². The zero-order chi connectivity index (χ0) is 13.7. The molecule has 1 heterocycles. The summed E-state index contributed by atoms with van der Waals surface area (Å²) in [5.41, 5.74) is 1.40. The second-order valence-corrected chi connectivity index (χ2v) is 7.44. The van der Waals surface area contributed by atoms with Crippen molar-refractivity contribution >= 4 is 11.8 Å². The van der Waals surface area contributed by atoms with Gasteiger partial charge in [-0.3, -0.25) is 0 Å². The van der Waals surface area contributed by atoms with Crippen molar-refractivity contribution in [1.29, 1.82) is 0 Å². The fourth-order valence-corrected chi connectivity index (χ4v) is 4.33. The molecule has 2 rings (SSSR count). The number of nitrogens with zero attached hydrogens (tertiary/aromatic N) is 1. The highest BCUT2D eigenvalue weighted by Gasteiger charge is 2.22. The van der Waals surface area contributed by atoms with E-state index in [0.717, 1.165) is 10.5 Å². The van der Waals surface area contributed by atoms with Crippen LogP contribution in [0.1, 0.15) is 31.9 Å². The molecule has 0 aromatic heterocycles. The summed E-state index contributed by atoms with van der Waals surface area (Å²) in [5, 5.41) is 4.99. The third-order valence-corrected chi connectivity index (χ3v) is 5.01. The van der Waals surface area contributed by atoms with Crippen molar-refractivity contribution in [2.24, 2.45) is 0 Å². The highest BCUT2D eigenvalue weighted by atomic mass is 32.2. The van der Waals surface area contributed by atoms with Crippen molar-refractivity contribution in [3.63, 3.8) is 0 Å². The first-order valence-electron chi connectivity index (χ1n) is 7.29. The molecular formula is C16H26N2S. The summed E-state index contributed by atoms with van der Waals surface area (Å²) in [6, 6.07) is 11.3. The Morgan fingerprint density at radius 1 is 1.21 bits per heavy atom. The summed E-state index contributed by atoms with van der Waals surface area (Å²) in [5.74, 6) is 0. The third-order valence-electron chi connectivity index (χ3n) is 3.78. The van der Waals surface area contributed by atoms with Gasteiger partial charge in [-0.25, -0.2) is 0 Å². The fraction of sp³-hybridized carbons (Fsp3) is 0.625. The fourth-order valence-electron chi connectivity index (χ4n) is 2.94. The van der Waals surface area contributed by atoms with Gasteiger partial charge in [-0.15, -0.1) is 0 Å². The number of hydrogen-bond acceptors (Lipinski definition) is 3. The van der Waals surface area contributed by atoms with Gasteiger partial charge in [-0.1, -0.05) is 44.2 Å². The molecule has 0 radical (unpaired) electrons. The van der Waals surface area contributed by atoms with Gasteiger partial charge < -0.3 is 10.2 Å². The molecule has 1 saturated heterocycles. The van der Waals surface area contributed by atoms with Crippen molar-refractivity contribution in [3.8, 4) is 0 Å². The average Bonchev–Trinajstić information content (AvgIpc) is 2.39. The van der Waals surface area contributed by atoms with Crippen LogP contribution in [0.25, 0.3) is 0 Å². The van der Waals surface area contributed by atoms with Crippen molar-refractivity contribution in [3.05, 3.63) is 35.9 Å². The summed E-state index contributed by atoms with van der Waals surface area (Å²) < 4.78 is 0. The minimum Gasteiger partial charge on any atom is -0.313 e. The van der Waals surface area contributed by atoms with Crippen LogP contribution in [-0.2, 0) is 0 Å². The van der Waals surface area contributed by atoms with Crippen molar-refractivity contribution in [1.82, 2.24) is 10.2 Å². The maximum atomic E-state index is 3.45. The maximum Gasteiger partial charge on any atom is 0.0329 e. The lowest BCUT2D eigenvalue weighted by atomic mass is 10.0. The SMILES string of the molecule is CNC(CCN1CC(C)SC(C)C1)c1ccccc1. The number of thioether (sulfide) groups is 1. The van der Waals surface area contributed by atoms with E-state index in [2.05, 4.69) is 73.2 Å². The van der Waals surface area contributed by atoms with E-state index in [1.807, 2.05) is 0 Å². The molecule has 1 aliphatic rings. The molecule has 19 heavy (non-hydrogen) atoms. The van der Waals surface area contributed by atoms with Gasteiger partial charge in [-0.05, 0) is 19.0 Å². The predicted molar refractivity (Wildman–Crippen MR) is 85.8 cm³/mol. The van der Waals surface area contributed by atoms with Gasteiger partial charge in [0.1, 0.15) is 0 Å². The topological polar surface area (TPSA) is 15.3 Å².